The number of hydrogen-bond donors (Lipinski definition) is 2. The number of H-pyrrole nitrogens is 1. The molecule has 0 unspecified atom stereocenters. The minimum absolute atomic E-state index is 0.833. The Morgan fingerprint density at radius 3 is 3.13 bits per heavy atom. The Balaban J connectivity index is 2.07. The lowest BCUT2D eigenvalue weighted by atomic mass is 10.3. The molecule has 3 rings (SSSR count). The van der Waals surface area contributed by atoms with Crippen LogP contribution in [-0.2, 0) is 0 Å². The van der Waals surface area contributed by atoms with Gasteiger partial charge in [0, 0.05) is 11.6 Å². The summed E-state index contributed by atoms with van der Waals surface area (Å²) in [5.41, 5.74) is 1.91. The summed E-state index contributed by atoms with van der Waals surface area (Å²) in [5.74, 6) is 0.833. The molecule has 0 aromatic carbocycles. The van der Waals surface area contributed by atoms with Gasteiger partial charge in [-0.25, -0.2) is 9.97 Å². The van der Waals surface area contributed by atoms with Crippen LogP contribution in [0.3, 0.4) is 0 Å². The molecular weight excluding hydrogens is 208 g/mol. The van der Waals surface area contributed by atoms with Crippen LogP contribution in [0.5, 0.6) is 0 Å². The average Bonchev–Trinajstić information content (AvgIpc) is 2.87. The summed E-state index contributed by atoms with van der Waals surface area (Å²) in [6.07, 6.45) is 3.41. The van der Waals surface area contributed by atoms with E-state index in [2.05, 4.69) is 20.3 Å². The highest BCUT2D eigenvalue weighted by atomic mass is 32.1. The van der Waals surface area contributed by atoms with Gasteiger partial charge in [-0.1, -0.05) is 0 Å². The second kappa shape index (κ2) is 3.36. The van der Waals surface area contributed by atoms with Crippen LogP contribution in [0.2, 0.25) is 0 Å². The first kappa shape index (κ1) is 8.43. The van der Waals surface area contributed by atoms with Gasteiger partial charge in [0.05, 0.1) is 11.1 Å². The van der Waals surface area contributed by atoms with Gasteiger partial charge in [0.25, 0.3) is 0 Å². The van der Waals surface area contributed by atoms with E-state index in [0.29, 0.717) is 0 Å². The number of aromatic nitrogens is 3. The van der Waals surface area contributed by atoms with Crippen molar-refractivity contribution in [3.05, 3.63) is 35.4 Å². The van der Waals surface area contributed by atoms with Crippen molar-refractivity contribution in [2.75, 3.05) is 5.32 Å². The Kier molecular flexibility index (Phi) is 1.89. The molecule has 3 heterocycles. The van der Waals surface area contributed by atoms with Gasteiger partial charge in [-0.2, -0.15) is 11.3 Å². The van der Waals surface area contributed by atoms with E-state index in [0.717, 1.165) is 22.5 Å². The van der Waals surface area contributed by atoms with E-state index in [1.807, 2.05) is 29.1 Å². The quantitative estimate of drug-likeness (QED) is 0.692. The summed E-state index contributed by atoms with van der Waals surface area (Å²) in [7, 11) is 0. The van der Waals surface area contributed by atoms with Crippen molar-refractivity contribution >= 4 is 33.9 Å². The third-order valence-electron chi connectivity index (χ3n) is 2.14. The standard InChI is InChI=1S/C10H8N4S/c1-3-11-9-8(1)10(13-6-12-9)14-7-2-4-15-5-7/h1-6H,(H2,11,12,13,14). The van der Waals surface area contributed by atoms with Crippen LogP contribution in [0.4, 0.5) is 11.5 Å². The Hall–Kier alpha value is -1.88. The zero-order valence-corrected chi connectivity index (χ0v) is 8.58. The summed E-state index contributed by atoms with van der Waals surface area (Å²) in [6.45, 7) is 0. The molecule has 0 amide bonds. The molecule has 0 atom stereocenters. The van der Waals surface area contributed by atoms with Gasteiger partial charge < -0.3 is 10.3 Å². The van der Waals surface area contributed by atoms with Crippen molar-refractivity contribution in [3.8, 4) is 0 Å². The van der Waals surface area contributed by atoms with Crippen molar-refractivity contribution in [1.82, 2.24) is 15.0 Å². The predicted octanol–water partition coefficient (Wildman–Crippen LogP) is 2.76. The smallest absolute Gasteiger partial charge is 0.143 e. The lowest BCUT2D eigenvalue weighted by Gasteiger charge is -2.02. The molecule has 0 aliphatic rings. The summed E-state index contributed by atoms with van der Waals surface area (Å²) in [6, 6.07) is 3.98. The Bertz CT molecular complexity index is 570. The molecule has 0 aliphatic heterocycles. The molecule has 0 spiro atoms. The minimum Gasteiger partial charge on any atom is -0.346 e. The summed E-state index contributed by atoms with van der Waals surface area (Å²) < 4.78 is 0. The number of hydrogen-bond acceptors (Lipinski definition) is 4. The number of nitrogens with zero attached hydrogens (tertiary/aromatic N) is 2. The second-order valence-electron chi connectivity index (χ2n) is 3.10. The zero-order chi connectivity index (χ0) is 10.1. The highest BCUT2D eigenvalue weighted by molar-refractivity contribution is 7.08. The maximum Gasteiger partial charge on any atom is 0.143 e. The van der Waals surface area contributed by atoms with E-state index in [1.54, 1.807) is 17.7 Å². The molecule has 0 saturated heterocycles. The molecule has 0 fully saturated rings. The summed E-state index contributed by atoms with van der Waals surface area (Å²) in [4.78, 5) is 11.4. The number of fused-ring (bicyclic) bond motifs is 1. The highest BCUT2D eigenvalue weighted by Crippen LogP contribution is 2.23. The van der Waals surface area contributed by atoms with Gasteiger partial charge in [0.2, 0.25) is 0 Å². The monoisotopic (exact) mass is 216 g/mol. The molecular formula is C10H8N4S. The van der Waals surface area contributed by atoms with Gasteiger partial charge in [-0.15, -0.1) is 0 Å². The number of thiophene rings is 1. The van der Waals surface area contributed by atoms with Crippen molar-refractivity contribution < 1.29 is 0 Å². The molecule has 5 heteroatoms. The molecule has 15 heavy (non-hydrogen) atoms. The minimum atomic E-state index is 0.833. The number of anilines is 2. The van der Waals surface area contributed by atoms with Gasteiger partial charge >= 0.3 is 0 Å². The first-order chi connectivity index (χ1) is 7.43. The van der Waals surface area contributed by atoms with Crippen LogP contribution < -0.4 is 5.32 Å². The van der Waals surface area contributed by atoms with E-state index in [-0.39, 0.29) is 0 Å². The van der Waals surface area contributed by atoms with Crippen LogP contribution in [0.1, 0.15) is 0 Å². The molecule has 2 N–H and O–H groups in total. The Labute approximate surface area is 90.0 Å². The average molecular weight is 216 g/mol. The van der Waals surface area contributed by atoms with E-state index in [4.69, 9.17) is 0 Å². The van der Waals surface area contributed by atoms with Crippen LogP contribution >= 0.6 is 11.3 Å². The fourth-order valence-electron chi connectivity index (χ4n) is 1.44. The second-order valence-corrected chi connectivity index (χ2v) is 3.88. The van der Waals surface area contributed by atoms with Gasteiger partial charge in [0.1, 0.15) is 17.8 Å². The van der Waals surface area contributed by atoms with E-state index < -0.39 is 0 Å². The van der Waals surface area contributed by atoms with Crippen molar-refractivity contribution in [2.24, 2.45) is 0 Å². The van der Waals surface area contributed by atoms with E-state index >= 15 is 0 Å². The van der Waals surface area contributed by atoms with Crippen molar-refractivity contribution in [3.63, 3.8) is 0 Å². The topological polar surface area (TPSA) is 53.6 Å². The van der Waals surface area contributed by atoms with Crippen LogP contribution in [0, 0.1) is 0 Å². The van der Waals surface area contributed by atoms with E-state index in [9.17, 15) is 0 Å². The fourth-order valence-corrected chi connectivity index (χ4v) is 2.03. The van der Waals surface area contributed by atoms with Crippen molar-refractivity contribution in [2.45, 2.75) is 0 Å². The largest absolute Gasteiger partial charge is 0.346 e. The molecule has 74 valence electrons. The Morgan fingerprint density at radius 1 is 1.27 bits per heavy atom. The van der Waals surface area contributed by atoms with Crippen LogP contribution in [-0.4, -0.2) is 15.0 Å². The first-order valence-electron chi connectivity index (χ1n) is 4.51. The van der Waals surface area contributed by atoms with Crippen LogP contribution in [0.15, 0.2) is 35.4 Å². The first-order valence-corrected chi connectivity index (χ1v) is 5.45. The van der Waals surface area contributed by atoms with Gasteiger partial charge in [-0.3, -0.25) is 0 Å². The Morgan fingerprint density at radius 2 is 2.27 bits per heavy atom. The molecule has 0 radical (unpaired) electrons. The molecule has 4 nitrogen and oxygen atoms in total. The van der Waals surface area contributed by atoms with Crippen molar-refractivity contribution in [1.29, 1.82) is 0 Å². The van der Waals surface area contributed by atoms with Crippen LogP contribution in [0.25, 0.3) is 11.0 Å². The summed E-state index contributed by atoms with van der Waals surface area (Å²) >= 11 is 1.65. The third kappa shape index (κ3) is 1.46. The number of rotatable bonds is 2. The zero-order valence-electron chi connectivity index (χ0n) is 7.77. The number of aromatic amines is 1. The molecule has 0 aliphatic carbocycles. The predicted molar refractivity (Wildman–Crippen MR) is 61.5 cm³/mol. The van der Waals surface area contributed by atoms with E-state index in [1.165, 1.54) is 0 Å². The lowest BCUT2D eigenvalue weighted by Crippen LogP contribution is -1.93. The SMILES string of the molecule is c1nc(Nc2ccsc2)c2cc[nH]c2n1. The number of nitrogens with one attached hydrogen (secondary N) is 2. The fraction of sp³-hybridized carbons (Fsp3) is 0. The van der Waals surface area contributed by atoms with Gasteiger partial charge in [0.15, 0.2) is 0 Å². The normalized spacial score (nSPS) is 10.7. The molecule has 0 saturated carbocycles. The lowest BCUT2D eigenvalue weighted by molar-refractivity contribution is 1.20. The van der Waals surface area contributed by atoms with Gasteiger partial charge in [-0.05, 0) is 17.5 Å². The molecule has 0 bridgehead atoms. The maximum absolute atomic E-state index is 4.22. The third-order valence-corrected chi connectivity index (χ3v) is 2.82. The maximum atomic E-state index is 4.22. The molecule has 3 aromatic rings. The summed E-state index contributed by atoms with van der Waals surface area (Å²) in [5, 5.41) is 8.32. The molecule has 3 aromatic heterocycles. The highest BCUT2D eigenvalue weighted by Gasteiger charge is 2.03.